The van der Waals surface area contributed by atoms with Crippen LogP contribution in [0.15, 0.2) is 15.4 Å². The zero-order valence-electron chi connectivity index (χ0n) is 12.2. The Morgan fingerprint density at radius 1 is 1.48 bits per heavy atom. The minimum absolute atomic E-state index is 0. The molecule has 0 saturated carbocycles. The van der Waals surface area contributed by atoms with Gasteiger partial charge in [-0.1, -0.05) is 0 Å². The van der Waals surface area contributed by atoms with Crippen LogP contribution in [-0.2, 0) is 10.0 Å². The molecule has 0 bridgehead atoms. The van der Waals surface area contributed by atoms with Crippen LogP contribution in [0.25, 0.3) is 0 Å². The van der Waals surface area contributed by atoms with Gasteiger partial charge in [-0.2, -0.15) is 0 Å². The van der Waals surface area contributed by atoms with E-state index in [4.69, 9.17) is 4.42 Å². The standard InChI is InChI=1S/C12H19N3O4S.ClH/c1-8-11(20(17,18)15(2)3)6-10(19-8)12(16)14-9-4-5-13-7-9;/h6,9,13H,4-5,7H2,1-3H3,(H,14,16);1H. The highest BCUT2D eigenvalue weighted by molar-refractivity contribution is 7.89. The second-order valence-electron chi connectivity index (χ2n) is 4.98. The van der Waals surface area contributed by atoms with Crippen LogP contribution in [0, 0.1) is 6.92 Å². The SMILES string of the molecule is Cc1oc(C(=O)NC2CCNC2)cc1S(=O)(=O)N(C)C.Cl. The van der Waals surface area contributed by atoms with Gasteiger partial charge in [0.05, 0.1) is 0 Å². The van der Waals surface area contributed by atoms with Gasteiger partial charge >= 0.3 is 0 Å². The van der Waals surface area contributed by atoms with Crippen LogP contribution in [0.5, 0.6) is 0 Å². The molecule has 21 heavy (non-hydrogen) atoms. The Balaban J connectivity index is 0.00000220. The van der Waals surface area contributed by atoms with E-state index in [1.165, 1.54) is 27.1 Å². The summed E-state index contributed by atoms with van der Waals surface area (Å²) in [5.74, 6) is -0.148. The van der Waals surface area contributed by atoms with Crippen molar-refractivity contribution in [1.82, 2.24) is 14.9 Å². The lowest BCUT2D eigenvalue weighted by Gasteiger charge is -2.09. The van der Waals surface area contributed by atoms with E-state index >= 15 is 0 Å². The van der Waals surface area contributed by atoms with Gasteiger partial charge in [-0.05, 0) is 19.9 Å². The molecule has 1 aliphatic heterocycles. The molecule has 1 amide bonds. The van der Waals surface area contributed by atoms with E-state index in [1.807, 2.05) is 0 Å². The Morgan fingerprint density at radius 3 is 2.67 bits per heavy atom. The summed E-state index contributed by atoms with van der Waals surface area (Å²) >= 11 is 0. The highest BCUT2D eigenvalue weighted by Crippen LogP contribution is 2.22. The monoisotopic (exact) mass is 337 g/mol. The van der Waals surface area contributed by atoms with E-state index in [1.54, 1.807) is 0 Å². The summed E-state index contributed by atoms with van der Waals surface area (Å²) in [6, 6.07) is 1.34. The van der Waals surface area contributed by atoms with E-state index in [0.717, 1.165) is 17.3 Å². The number of nitrogens with one attached hydrogen (secondary N) is 2. The minimum atomic E-state index is -3.60. The molecule has 0 spiro atoms. The molecular formula is C12H20ClN3O4S. The van der Waals surface area contributed by atoms with Crippen LogP contribution in [0.4, 0.5) is 0 Å². The largest absolute Gasteiger partial charge is 0.455 e. The van der Waals surface area contributed by atoms with Crippen molar-refractivity contribution in [3.05, 3.63) is 17.6 Å². The fraction of sp³-hybridized carbons (Fsp3) is 0.583. The summed E-state index contributed by atoms with van der Waals surface area (Å²) in [5, 5.41) is 5.95. The van der Waals surface area contributed by atoms with Crippen LogP contribution >= 0.6 is 12.4 Å². The molecule has 2 N–H and O–H groups in total. The van der Waals surface area contributed by atoms with E-state index in [9.17, 15) is 13.2 Å². The van der Waals surface area contributed by atoms with Crippen molar-refractivity contribution < 1.29 is 17.6 Å². The number of amides is 1. The second kappa shape index (κ2) is 6.78. The number of rotatable bonds is 4. The number of hydrogen-bond donors (Lipinski definition) is 2. The van der Waals surface area contributed by atoms with Crippen molar-refractivity contribution in [3.63, 3.8) is 0 Å². The summed E-state index contributed by atoms with van der Waals surface area (Å²) in [6.07, 6.45) is 0.855. The maximum Gasteiger partial charge on any atom is 0.287 e. The summed E-state index contributed by atoms with van der Waals surface area (Å²) in [7, 11) is -0.728. The van der Waals surface area contributed by atoms with Crippen molar-refractivity contribution in [2.75, 3.05) is 27.2 Å². The molecule has 0 radical (unpaired) electrons. The lowest BCUT2D eigenvalue weighted by atomic mass is 10.2. The predicted molar refractivity (Wildman–Crippen MR) is 80.3 cm³/mol. The molecule has 1 saturated heterocycles. The van der Waals surface area contributed by atoms with E-state index < -0.39 is 10.0 Å². The molecule has 1 fully saturated rings. The van der Waals surface area contributed by atoms with Crippen LogP contribution in [0.1, 0.15) is 22.7 Å². The third kappa shape index (κ3) is 3.76. The number of aryl methyl sites for hydroxylation is 1. The lowest BCUT2D eigenvalue weighted by molar-refractivity contribution is 0.0910. The molecule has 0 aliphatic carbocycles. The Morgan fingerprint density at radius 2 is 2.14 bits per heavy atom. The molecule has 1 aliphatic rings. The molecule has 2 rings (SSSR count). The number of sulfonamides is 1. The third-order valence-electron chi connectivity index (χ3n) is 3.25. The average Bonchev–Trinajstić information content (AvgIpc) is 2.98. The summed E-state index contributed by atoms with van der Waals surface area (Å²) in [6.45, 7) is 3.11. The molecule has 2 heterocycles. The quantitative estimate of drug-likeness (QED) is 0.827. The van der Waals surface area contributed by atoms with Gasteiger partial charge in [-0.15, -0.1) is 12.4 Å². The minimum Gasteiger partial charge on any atom is -0.455 e. The molecule has 7 nitrogen and oxygen atoms in total. The Bertz CT molecular complexity index is 606. The van der Waals surface area contributed by atoms with Crippen LogP contribution in [-0.4, -0.2) is 51.9 Å². The van der Waals surface area contributed by atoms with Gasteiger partial charge in [0.15, 0.2) is 5.76 Å². The number of furan rings is 1. The summed E-state index contributed by atoms with van der Waals surface area (Å²) < 4.78 is 30.5. The molecule has 1 atom stereocenters. The van der Waals surface area contributed by atoms with Gasteiger partial charge in [0.2, 0.25) is 10.0 Å². The Kier molecular flexibility index (Phi) is 5.80. The van der Waals surface area contributed by atoms with Crippen molar-refractivity contribution in [3.8, 4) is 0 Å². The molecule has 1 unspecified atom stereocenters. The maximum absolute atomic E-state index is 12.1. The molecular weight excluding hydrogens is 318 g/mol. The zero-order valence-corrected chi connectivity index (χ0v) is 13.8. The normalized spacial score (nSPS) is 18.6. The van der Waals surface area contributed by atoms with Crippen molar-refractivity contribution in [2.45, 2.75) is 24.3 Å². The Labute approximate surface area is 130 Å². The smallest absolute Gasteiger partial charge is 0.287 e. The third-order valence-corrected chi connectivity index (χ3v) is 5.17. The number of hydrogen-bond acceptors (Lipinski definition) is 5. The average molecular weight is 338 g/mol. The van der Waals surface area contributed by atoms with Crippen molar-refractivity contribution in [2.24, 2.45) is 0 Å². The van der Waals surface area contributed by atoms with Crippen molar-refractivity contribution in [1.29, 1.82) is 0 Å². The second-order valence-corrected chi connectivity index (χ2v) is 7.10. The maximum atomic E-state index is 12.1. The number of carbonyl (C=O) groups is 1. The molecule has 1 aromatic heterocycles. The Hall–Kier alpha value is -1.09. The van der Waals surface area contributed by atoms with E-state index in [0.29, 0.717) is 6.54 Å². The summed E-state index contributed by atoms with van der Waals surface area (Å²) in [5.41, 5.74) is 0. The highest BCUT2D eigenvalue weighted by Gasteiger charge is 2.27. The van der Waals surface area contributed by atoms with Gasteiger partial charge in [-0.25, -0.2) is 12.7 Å². The first-order valence-electron chi connectivity index (χ1n) is 6.37. The fourth-order valence-corrected chi connectivity index (χ4v) is 3.12. The first kappa shape index (κ1) is 18.0. The number of carbonyl (C=O) groups excluding carboxylic acids is 1. The van der Waals surface area contributed by atoms with E-state index in [-0.39, 0.29) is 40.8 Å². The number of halogens is 1. The van der Waals surface area contributed by atoms with Gasteiger partial charge < -0.3 is 15.1 Å². The topological polar surface area (TPSA) is 91.6 Å². The van der Waals surface area contributed by atoms with Crippen LogP contribution < -0.4 is 10.6 Å². The van der Waals surface area contributed by atoms with Gasteiger partial charge in [0.1, 0.15) is 10.7 Å². The first-order chi connectivity index (χ1) is 9.32. The van der Waals surface area contributed by atoms with Crippen molar-refractivity contribution >= 4 is 28.3 Å². The van der Waals surface area contributed by atoms with Crippen LogP contribution in [0.3, 0.4) is 0 Å². The molecule has 0 aromatic carbocycles. The predicted octanol–water partition coefficient (Wildman–Crippen LogP) is 0.352. The van der Waals surface area contributed by atoms with Gasteiger partial charge in [0.25, 0.3) is 5.91 Å². The van der Waals surface area contributed by atoms with Crippen LogP contribution in [0.2, 0.25) is 0 Å². The van der Waals surface area contributed by atoms with Gasteiger partial charge in [0, 0.05) is 32.7 Å². The molecule has 1 aromatic rings. The van der Waals surface area contributed by atoms with E-state index in [2.05, 4.69) is 10.6 Å². The summed E-state index contributed by atoms with van der Waals surface area (Å²) in [4.78, 5) is 12.0. The first-order valence-corrected chi connectivity index (χ1v) is 7.81. The van der Waals surface area contributed by atoms with Gasteiger partial charge in [-0.3, -0.25) is 4.79 Å². The fourth-order valence-electron chi connectivity index (χ4n) is 2.06. The lowest BCUT2D eigenvalue weighted by Crippen LogP contribution is -2.36. The highest BCUT2D eigenvalue weighted by atomic mass is 35.5. The number of nitrogens with zero attached hydrogens (tertiary/aromatic N) is 1. The molecule has 9 heteroatoms. The molecule has 120 valence electrons. The zero-order chi connectivity index (χ0) is 14.9.